The summed E-state index contributed by atoms with van der Waals surface area (Å²) in [4.78, 5) is 12.2. The van der Waals surface area contributed by atoms with Gasteiger partial charge in [0, 0.05) is 11.3 Å². The summed E-state index contributed by atoms with van der Waals surface area (Å²) in [6.45, 7) is 0. The van der Waals surface area contributed by atoms with Gasteiger partial charge in [0.15, 0.2) is 10.9 Å². The van der Waals surface area contributed by atoms with E-state index in [9.17, 15) is 13.2 Å². The molecule has 0 spiro atoms. The smallest absolute Gasteiger partial charge is 0.257 e. The minimum absolute atomic E-state index is 0.00131. The Balaban J connectivity index is 2.07. The van der Waals surface area contributed by atoms with Crippen molar-refractivity contribution in [2.75, 3.05) is 12.4 Å². The summed E-state index contributed by atoms with van der Waals surface area (Å²) in [5, 5.41) is 10.6. The number of thiocarbonyl (C=S) groups is 1. The molecule has 0 atom stereocenters. The number of hydrogen-bond donors (Lipinski definition) is 3. The maximum absolute atomic E-state index is 12.2. The van der Waals surface area contributed by atoms with Crippen LogP contribution in [0.2, 0.25) is 10.0 Å². The number of methoxy groups -OCH3 is 1. The second kappa shape index (κ2) is 8.19. The summed E-state index contributed by atoms with van der Waals surface area (Å²) in [7, 11) is -2.37. The van der Waals surface area contributed by atoms with E-state index in [0.29, 0.717) is 5.69 Å². The van der Waals surface area contributed by atoms with Crippen molar-refractivity contribution in [1.29, 1.82) is 0 Å². The number of primary sulfonamides is 1. The average Bonchev–Trinajstić information content (AvgIpc) is 2.54. The largest absolute Gasteiger partial charge is 0.494 e. The van der Waals surface area contributed by atoms with Crippen molar-refractivity contribution in [2.45, 2.75) is 4.90 Å². The van der Waals surface area contributed by atoms with Crippen LogP contribution in [0.1, 0.15) is 10.4 Å². The molecule has 2 aromatic carbocycles. The molecule has 0 heterocycles. The molecule has 138 valence electrons. The number of rotatable bonds is 4. The van der Waals surface area contributed by atoms with Crippen molar-refractivity contribution in [3.8, 4) is 5.75 Å². The Kier molecular flexibility index (Phi) is 6.43. The molecule has 0 aliphatic heterocycles. The number of carbonyl (C=O) groups is 1. The van der Waals surface area contributed by atoms with E-state index >= 15 is 0 Å². The number of nitrogens with one attached hydrogen (secondary N) is 2. The normalized spacial score (nSPS) is 10.9. The lowest BCUT2D eigenvalue weighted by Crippen LogP contribution is -2.34. The van der Waals surface area contributed by atoms with Crippen LogP contribution in [0.25, 0.3) is 0 Å². The number of sulfonamides is 1. The van der Waals surface area contributed by atoms with Crippen LogP contribution in [0.3, 0.4) is 0 Å². The van der Waals surface area contributed by atoms with Crippen LogP contribution in [0.4, 0.5) is 5.69 Å². The Morgan fingerprint density at radius 3 is 2.15 bits per heavy atom. The van der Waals surface area contributed by atoms with Gasteiger partial charge in [-0.15, -0.1) is 0 Å². The molecular weight excluding hydrogens is 421 g/mol. The molecule has 0 bridgehead atoms. The van der Waals surface area contributed by atoms with Gasteiger partial charge < -0.3 is 10.1 Å². The minimum atomic E-state index is -3.78. The van der Waals surface area contributed by atoms with Crippen molar-refractivity contribution in [2.24, 2.45) is 5.14 Å². The first-order valence-corrected chi connectivity index (χ1v) is 9.61. The summed E-state index contributed by atoms with van der Waals surface area (Å²) in [6.07, 6.45) is 0. The van der Waals surface area contributed by atoms with Gasteiger partial charge in [-0.3, -0.25) is 10.1 Å². The number of benzene rings is 2. The molecule has 0 fully saturated rings. The molecule has 0 unspecified atom stereocenters. The van der Waals surface area contributed by atoms with Crippen LogP contribution < -0.4 is 20.5 Å². The number of anilines is 1. The number of hydrogen-bond acceptors (Lipinski definition) is 5. The van der Waals surface area contributed by atoms with Crippen molar-refractivity contribution < 1.29 is 17.9 Å². The number of ether oxygens (including phenoxy) is 1. The van der Waals surface area contributed by atoms with Crippen LogP contribution >= 0.6 is 35.4 Å². The molecular formula is C15H13Cl2N3O4S2. The van der Waals surface area contributed by atoms with Gasteiger partial charge in [-0.1, -0.05) is 23.2 Å². The number of carbonyl (C=O) groups excluding carboxylic acids is 1. The highest BCUT2D eigenvalue weighted by molar-refractivity contribution is 7.89. The van der Waals surface area contributed by atoms with Gasteiger partial charge >= 0.3 is 0 Å². The van der Waals surface area contributed by atoms with Gasteiger partial charge in [-0.2, -0.15) is 0 Å². The standard InChI is InChI=1S/C15H13Cl2N3O4S2/c1-24-13-11(16)6-8(7-12(13)17)14(21)20-15(25)19-9-2-4-10(5-3-9)26(18,22)23/h2-7H,1H3,(H2,18,22,23)(H2,19,20,21,25). The van der Waals surface area contributed by atoms with Gasteiger partial charge in [0.25, 0.3) is 5.91 Å². The molecule has 1 amide bonds. The SMILES string of the molecule is COc1c(Cl)cc(C(=O)NC(=S)Nc2ccc(S(N)(=O)=O)cc2)cc1Cl. The summed E-state index contributed by atoms with van der Waals surface area (Å²) in [5.41, 5.74) is 0.656. The van der Waals surface area contributed by atoms with E-state index in [1.54, 1.807) is 0 Å². The van der Waals surface area contributed by atoms with Crippen LogP contribution in [-0.2, 0) is 10.0 Å². The third kappa shape index (κ3) is 5.05. The van der Waals surface area contributed by atoms with E-state index < -0.39 is 15.9 Å². The van der Waals surface area contributed by atoms with Gasteiger partial charge in [-0.05, 0) is 48.6 Å². The van der Waals surface area contributed by atoms with Gasteiger partial charge in [0.1, 0.15) is 0 Å². The van der Waals surface area contributed by atoms with E-state index in [-0.39, 0.29) is 31.4 Å². The second-order valence-electron chi connectivity index (χ2n) is 4.95. The van der Waals surface area contributed by atoms with Crippen molar-refractivity contribution in [3.05, 3.63) is 52.0 Å². The Morgan fingerprint density at radius 2 is 1.69 bits per heavy atom. The molecule has 11 heteroatoms. The first kappa shape index (κ1) is 20.4. The molecule has 2 rings (SSSR count). The van der Waals surface area contributed by atoms with E-state index in [0.717, 1.165) is 0 Å². The van der Waals surface area contributed by atoms with Gasteiger partial charge in [0.2, 0.25) is 10.0 Å². The molecule has 0 aliphatic carbocycles. The molecule has 7 nitrogen and oxygen atoms in total. The predicted octanol–water partition coefficient (Wildman–Crippen LogP) is 2.78. The lowest BCUT2D eigenvalue weighted by molar-refractivity contribution is 0.0977. The zero-order chi connectivity index (χ0) is 19.5. The Bertz CT molecular complexity index is 940. The molecule has 0 saturated carbocycles. The maximum Gasteiger partial charge on any atom is 0.257 e. The van der Waals surface area contributed by atoms with Crippen LogP contribution in [0.5, 0.6) is 5.75 Å². The third-order valence-corrected chi connectivity index (χ3v) is 4.83. The van der Waals surface area contributed by atoms with Crippen molar-refractivity contribution in [1.82, 2.24) is 5.32 Å². The lowest BCUT2D eigenvalue weighted by Gasteiger charge is -2.11. The summed E-state index contributed by atoms with van der Waals surface area (Å²) < 4.78 is 27.4. The van der Waals surface area contributed by atoms with E-state index in [1.807, 2.05) is 0 Å². The highest BCUT2D eigenvalue weighted by Crippen LogP contribution is 2.33. The summed E-state index contributed by atoms with van der Waals surface area (Å²) in [5.74, 6) is -0.268. The summed E-state index contributed by atoms with van der Waals surface area (Å²) in [6, 6.07) is 8.32. The fourth-order valence-corrected chi connectivity index (χ4v) is 3.32. The second-order valence-corrected chi connectivity index (χ2v) is 7.73. The predicted molar refractivity (Wildman–Crippen MR) is 105 cm³/mol. The topological polar surface area (TPSA) is 111 Å². The van der Waals surface area contributed by atoms with Crippen molar-refractivity contribution in [3.63, 3.8) is 0 Å². The van der Waals surface area contributed by atoms with Crippen LogP contribution in [-0.4, -0.2) is 26.5 Å². The molecule has 2 aromatic rings. The van der Waals surface area contributed by atoms with E-state index in [4.69, 9.17) is 45.3 Å². The Hall–Kier alpha value is -1.91. The van der Waals surface area contributed by atoms with Crippen LogP contribution in [0, 0.1) is 0 Å². The fourth-order valence-electron chi connectivity index (χ4n) is 1.95. The molecule has 4 N–H and O–H groups in total. The molecule has 26 heavy (non-hydrogen) atoms. The first-order valence-electron chi connectivity index (χ1n) is 6.90. The third-order valence-electron chi connectivity index (χ3n) is 3.13. The van der Waals surface area contributed by atoms with Crippen LogP contribution in [0.15, 0.2) is 41.3 Å². The molecule has 0 aromatic heterocycles. The van der Waals surface area contributed by atoms with Crippen molar-refractivity contribution >= 4 is 62.2 Å². The number of amides is 1. The van der Waals surface area contributed by atoms with Gasteiger partial charge in [0.05, 0.1) is 22.1 Å². The molecule has 0 aliphatic rings. The summed E-state index contributed by atoms with van der Waals surface area (Å²) >= 11 is 17.1. The lowest BCUT2D eigenvalue weighted by atomic mass is 10.2. The Morgan fingerprint density at radius 1 is 1.15 bits per heavy atom. The first-order chi connectivity index (χ1) is 12.1. The zero-order valence-corrected chi connectivity index (χ0v) is 16.4. The molecule has 0 radical (unpaired) electrons. The highest BCUT2D eigenvalue weighted by Gasteiger charge is 2.15. The van der Waals surface area contributed by atoms with Gasteiger partial charge in [-0.25, -0.2) is 13.6 Å². The number of halogens is 2. The monoisotopic (exact) mass is 433 g/mol. The molecule has 0 saturated heterocycles. The highest BCUT2D eigenvalue weighted by atomic mass is 35.5. The van der Waals surface area contributed by atoms with E-state index in [2.05, 4.69) is 10.6 Å². The average molecular weight is 434 g/mol. The maximum atomic E-state index is 12.2. The quantitative estimate of drug-likeness (QED) is 0.639. The zero-order valence-electron chi connectivity index (χ0n) is 13.2. The van der Waals surface area contributed by atoms with E-state index in [1.165, 1.54) is 43.5 Å². The minimum Gasteiger partial charge on any atom is -0.494 e. The Labute approximate surface area is 165 Å². The fraction of sp³-hybridized carbons (Fsp3) is 0.0667. The number of nitrogens with two attached hydrogens (primary N) is 1.